The van der Waals surface area contributed by atoms with E-state index in [9.17, 15) is 0 Å². The molecule has 0 aromatic carbocycles. The molecule has 64 valence electrons. The predicted octanol–water partition coefficient (Wildman–Crippen LogP) is 2.33. The molecule has 11 heavy (non-hydrogen) atoms. The summed E-state index contributed by atoms with van der Waals surface area (Å²) in [6.45, 7) is 7.23. The molecular weight excluding hydrogens is 136 g/mol. The van der Waals surface area contributed by atoms with Crippen molar-refractivity contribution < 1.29 is 0 Å². The second-order valence-electron chi connectivity index (χ2n) is 2.49. The molecule has 0 saturated heterocycles. The minimum atomic E-state index is 0.957. The molecule has 0 spiro atoms. The molecule has 2 nitrogen and oxygen atoms in total. The van der Waals surface area contributed by atoms with Gasteiger partial charge in [0.15, 0.2) is 0 Å². The summed E-state index contributed by atoms with van der Waals surface area (Å²) in [5.41, 5.74) is 1.20. The lowest BCUT2D eigenvalue weighted by Crippen LogP contribution is -2.01. The number of nitrogens with zero attached hydrogens (tertiary/aromatic N) is 1. The maximum Gasteiger partial charge on any atom is 0.0423 e. The fourth-order valence-corrected chi connectivity index (χ4v) is 0.761. The summed E-state index contributed by atoms with van der Waals surface area (Å²) in [7, 11) is 0. The van der Waals surface area contributed by atoms with Crippen molar-refractivity contribution in [3.63, 3.8) is 0 Å². The summed E-state index contributed by atoms with van der Waals surface area (Å²) in [5, 5.41) is 3.06. The van der Waals surface area contributed by atoms with Gasteiger partial charge in [0.05, 0.1) is 0 Å². The van der Waals surface area contributed by atoms with Crippen molar-refractivity contribution in [1.29, 1.82) is 0 Å². The molecule has 0 saturated carbocycles. The first-order valence-electron chi connectivity index (χ1n) is 4.23. The first kappa shape index (κ1) is 10.2. The van der Waals surface area contributed by atoms with E-state index >= 15 is 0 Å². The Hall–Kier alpha value is -0.790. The van der Waals surface area contributed by atoms with E-state index in [0.29, 0.717) is 0 Å². The van der Waals surface area contributed by atoms with Crippen molar-refractivity contribution in [1.82, 2.24) is 5.32 Å². The van der Waals surface area contributed by atoms with Gasteiger partial charge in [0.1, 0.15) is 0 Å². The fraction of sp³-hybridized carbons (Fsp3) is 0.667. The summed E-state index contributed by atoms with van der Waals surface area (Å²) in [6.07, 6.45) is 5.95. The van der Waals surface area contributed by atoms with Crippen LogP contribution in [-0.2, 0) is 0 Å². The van der Waals surface area contributed by atoms with E-state index in [4.69, 9.17) is 0 Å². The molecule has 0 radical (unpaired) electrons. The number of aliphatic imine (C=N–C) groups is 1. The molecule has 0 aliphatic heterocycles. The normalized spacial score (nSPS) is 12.5. The van der Waals surface area contributed by atoms with Crippen LogP contribution < -0.4 is 5.32 Å². The van der Waals surface area contributed by atoms with Crippen LogP contribution in [-0.4, -0.2) is 12.3 Å². The van der Waals surface area contributed by atoms with Crippen LogP contribution in [0.2, 0.25) is 0 Å². The average Bonchev–Trinajstić information content (AvgIpc) is 1.99. The van der Waals surface area contributed by atoms with Crippen LogP contribution in [0.3, 0.4) is 0 Å². The van der Waals surface area contributed by atoms with Gasteiger partial charge in [-0.3, -0.25) is 4.99 Å². The zero-order valence-electron chi connectivity index (χ0n) is 7.72. The first-order valence-corrected chi connectivity index (χ1v) is 4.23. The van der Waals surface area contributed by atoms with Crippen LogP contribution in [0.4, 0.5) is 0 Å². The topological polar surface area (TPSA) is 24.4 Å². The molecular formula is C9H18N2. The van der Waals surface area contributed by atoms with Crippen LogP contribution in [0.25, 0.3) is 0 Å². The molecule has 0 atom stereocenters. The molecule has 0 bridgehead atoms. The van der Waals surface area contributed by atoms with Crippen molar-refractivity contribution >= 4 is 5.71 Å². The smallest absolute Gasteiger partial charge is 0.0423 e. The summed E-state index contributed by atoms with van der Waals surface area (Å²) in [5.74, 6) is 0. The number of hydrogen-bond acceptors (Lipinski definition) is 2. The zero-order valence-corrected chi connectivity index (χ0v) is 7.72. The van der Waals surface area contributed by atoms with Crippen molar-refractivity contribution in [2.75, 3.05) is 6.54 Å². The molecule has 0 aliphatic carbocycles. The van der Waals surface area contributed by atoms with Gasteiger partial charge in [-0.2, -0.15) is 0 Å². The van der Waals surface area contributed by atoms with Gasteiger partial charge in [0.25, 0.3) is 0 Å². The Morgan fingerprint density at radius 3 is 2.73 bits per heavy atom. The molecule has 0 aliphatic rings. The van der Waals surface area contributed by atoms with E-state index in [1.54, 1.807) is 0 Å². The molecule has 0 unspecified atom stereocenters. The minimum absolute atomic E-state index is 0.957. The number of hydrogen-bond donors (Lipinski definition) is 1. The quantitative estimate of drug-likeness (QED) is 0.604. The van der Waals surface area contributed by atoms with Crippen molar-refractivity contribution in [3.05, 3.63) is 12.4 Å². The van der Waals surface area contributed by atoms with E-state index in [2.05, 4.69) is 31.1 Å². The second kappa shape index (κ2) is 7.32. The standard InChI is InChI=1S/C9H18N2/c1-4-6-9(3)11-8-7-10-5-2/h7-8,10H,4-6H2,1-3H3/b8-7-,11-9?. The van der Waals surface area contributed by atoms with Gasteiger partial charge in [0.2, 0.25) is 0 Å². The number of rotatable bonds is 5. The van der Waals surface area contributed by atoms with E-state index < -0.39 is 0 Å². The average molecular weight is 154 g/mol. The third kappa shape index (κ3) is 7.10. The van der Waals surface area contributed by atoms with Crippen LogP contribution in [0, 0.1) is 0 Å². The van der Waals surface area contributed by atoms with Gasteiger partial charge in [-0.05, 0) is 20.3 Å². The van der Waals surface area contributed by atoms with Crippen molar-refractivity contribution in [3.8, 4) is 0 Å². The van der Waals surface area contributed by atoms with Gasteiger partial charge >= 0.3 is 0 Å². The maximum atomic E-state index is 4.22. The highest BCUT2D eigenvalue weighted by molar-refractivity contribution is 5.82. The monoisotopic (exact) mass is 154 g/mol. The Labute approximate surface area is 69.4 Å². The zero-order chi connectivity index (χ0) is 8.53. The Kier molecular flexibility index (Phi) is 6.79. The lowest BCUT2D eigenvalue weighted by molar-refractivity contribution is 0.915. The third-order valence-corrected chi connectivity index (χ3v) is 1.30. The van der Waals surface area contributed by atoms with Crippen LogP contribution in [0.5, 0.6) is 0 Å². The lowest BCUT2D eigenvalue weighted by atomic mass is 10.2. The van der Waals surface area contributed by atoms with Crippen molar-refractivity contribution in [2.45, 2.75) is 33.6 Å². The fourth-order valence-electron chi connectivity index (χ4n) is 0.761. The highest BCUT2D eigenvalue weighted by Crippen LogP contribution is 1.91. The summed E-state index contributed by atoms with van der Waals surface area (Å²) < 4.78 is 0. The summed E-state index contributed by atoms with van der Waals surface area (Å²) in [4.78, 5) is 4.22. The summed E-state index contributed by atoms with van der Waals surface area (Å²) >= 11 is 0. The van der Waals surface area contributed by atoms with Crippen LogP contribution in [0.15, 0.2) is 17.4 Å². The highest BCUT2D eigenvalue weighted by atomic mass is 14.8. The molecule has 0 fully saturated rings. The van der Waals surface area contributed by atoms with Gasteiger partial charge in [0, 0.05) is 24.7 Å². The van der Waals surface area contributed by atoms with Crippen LogP contribution in [0.1, 0.15) is 33.6 Å². The molecule has 2 heteroatoms. The van der Waals surface area contributed by atoms with Gasteiger partial charge in [-0.15, -0.1) is 0 Å². The molecule has 0 heterocycles. The van der Waals surface area contributed by atoms with E-state index in [-0.39, 0.29) is 0 Å². The SMILES string of the molecule is CCCC(C)=N/C=C\NCC. The maximum absolute atomic E-state index is 4.22. The largest absolute Gasteiger partial charge is 0.390 e. The van der Waals surface area contributed by atoms with E-state index in [1.165, 1.54) is 12.1 Å². The molecule has 0 aromatic rings. The molecule has 0 amide bonds. The summed E-state index contributed by atoms with van der Waals surface area (Å²) in [6, 6.07) is 0. The van der Waals surface area contributed by atoms with E-state index in [1.807, 2.05) is 12.4 Å². The molecule has 1 N–H and O–H groups in total. The Bertz CT molecular complexity index is 136. The third-order valence-electron chi connectivity index (χ3n) is 1.30. The highest BCUT2D eigenvalue weighted by Gasteiger charge is 1.83. The van der Waals surface area contributed by atoms with Crippen molar-refractivity contribution in [2.24, 2.45) is 4.99 Å². The van der Waals surface area contributed by atoms with Crippen LogP contribution >= 0.6 is 0 Å². The minimum Gasteiger partial charge on any atom is -0.390 e. The number of nitrogens with one attached hydrogen (secondary N) is 1. The van der Waals surface area contributed by atoms with Gasteiger partial charge in [-0.1, -0.05) is 13.3 Å². The first-order chi connectivity index (χ1) is 5.31. The Balaban J connectivity index is 3.53. The molecule has 0 rings (SSSR count). The van der Waals surface area contributed by atoms with Gasteiger partial charge < -0.3 is 5.32 Å². The predicted molar refractivity (Wildman–Crippen MR) is 50.8 cm³/mol. The van der Waals surface area contributed by atoms with Gasteiger partial charge in [-0.25, -0.2) is 0 Å². The second-order valence-corrected chi connectivity index (χ2v) is 2.49. The Morgan fingerprint density at radius 2 is 2.18 bits per heavy atom. The Morgan fingerprint density at radius 1 is 1.45 bits per heavy atom. The lowest BCUT2D eigenvalue weighted by Gasteiger charge is -1.93. The molecule has 0 aromatic heterocycles. The van der Waals surface area contributed by atoms with E-state index in [0.717, 1.165) is 13.0 Å².